The van der Waals surface area contributed by atoms with E-state index in [1.165, 1.54) is 12.8 Å². The lowest BCUT2D eigenvalue weighted by Gasteiger charge is -2.22. The number of benzene rings is 2. The van der Waals surface area contributed by atoms with Crippen molar-refractivity contribution in [3.8, 4) is 11.5 Å². The summed E-state index contributed by atoms with van der Waals surface area (Å²) in [6.45, 7) is 2.55. The molecule has 0 aromatic heterocycles. The predicted molar refractivity (Wildman–Crippen MR) is 124 cm³/mol. The molecule has 2 aromatic carbocycles. The van der Waals surface area contributed by atoms with Crippen molar-refractivity contribution in [3.63, 3.8) is 0 Å². The molecule has 4 nitrogen and oxygen atoms in total. The molecule has 0 radical (unpaired) electrons. The molecular formula is C26H31ClO4. The number of alkyl halides is 1. The van der Waals surface area contributed by atoms with Gasteiger partial charge in [-0.2, -0.15) is 0 Å². The number of carbonyl (C=O) groups is 1. The van der Waals surface area contributed by atoms with Gasteiger partial charge in [0.15, 0.2) is 0 Å². The van der Waals surface area contributed by atoms with E-state index in [9.17, 15) is 9.90 Å². The number of carbonyl (C=O) groups excluding carboxylic acids is 1. The fraction of sp³-hybridized carbons (Fsp3) is 0.423. The van der Waals surface area contributed by atoms with Gasteiger partial charge in [-0.15, -0.1) is 11.6 Å². The highest BCUT2D eigenvalue weighted by atomic mass is 35.5. The molecule has 5 heteroatoms. The number of ether oxygens (including phenoxy) is 2. The van der Waals surface area contributed by atoms with Gasteiger partial charge in [0.2, 0.25) is 0 Å². The highest BCUT2D eigenvalue weighted by molar-refractivity contribution is 6.21. The minimum Gasteiger partial charge on any atom is -0.493 e. The van der Waals surface area contributed by atoms with Crippen molar-refractivity contribution in [2.45, 2.75) is 50.5 Å². The number of rotatable bonds is 10. The van der Waals surface area contributed by atoms with E-state index < -0.39 is 12.1 Å². The monoisotopic (exact) mass is 442 g/mol. The van der Waals surface area contributed by atoms with Crippen LogP contribution in [-0.4, -0.2) is 29.2 Å². The summed E-state index contributed by atoms with van der Waals surface area (Å²) in [6.07, 6.45) is 8.79. The summed E-state index contributed by atoms with van der Waals surface area (Å²) in [7, 11) is 0. The molecule has 0 saturated heterocycles. The lowest BCUT2D eigenvalue weighted by Crippen LogP contribution is -2.27. The van der Waals surface area contributed by atoms with Gasteiger partial charge < -0.3 is 14.6 Å². The average molecular weight is 443 g/mol. The van der Waals surface area contributed by atoms with E-state index in [0.717, 1.165) is 12.8 Å². The largest absolute Gasteiger partial charge is 0.493 e. The number of allylic oxidation sites excluding steroid dienone is 2. The Labute approximate surface area is 189 Å². The van der Waals surface area contributed by atoms with Crippen LogP contribution in [0.15, 0.2) is 66.7 Å². The molecule has 0 spiro atoms. The molecule has 2 unspecified atom stereocenters. The summed E-state index contributed by atoms with van der Waals surface area (Å²) in [5, 5.41) is 10.4. The second kappa shape index (κ2) is 11.9. The fourth-order valence-corrected chi connectivity index (χ4v) is 4.42. The van der Waals surface area contributed by atoms with E-state index in [1.54, 1.807) is 42.5 Å². The molecule has 2 aromatic rings. The first-order valence-electron chi connectivity index (χ1n) is 11.1. The standard InChI is InChI=1S/C26H31ClO4/c1-2-3-4-5-9-15-22-23(25(28)17-24(22)27)18-30-20-13-10-14-21(16-20)31-26(29)19-11-7-6-8-12-19/h5-14,16,22-25,28H,2-4,15,17-18H2,1H3/b9-5-/t22-,23?,24?,25-/m1/s1. The zero-order chi connectivity index (χ0) is 22.1. The fourth-order valence-electron chi connectivity index (χ4n) is 3.94. The van der Waals surface area contributed by atoms with Crippen molar-refractivity contribution in [1.29, 1.82) is 0 Å². The third kappa shape index (κ3) is 6.84. The second-order valence-corrected chi connectivity index (χ2v) is 8.60. The van der Waals surface area contributed by atoms with Crippen LogP contribution in [0, 0.1) is 11.8 Å². The zero-order valence-corrected chi connectivity index (χ0v) is 18.7. The lowest BCUT2D eigenvalue weighted by atomic mass is 9.92. The summed E-state index contributed by atoms with van der Waals surface area (Å²) >= 11 is 6.52. The molecule has 1 aliphatic carbocycles. The lowest BCUT2D eigenvalue weighted by molar-refractivity contribution is 0.0733. The maximum absolute atomic E-state index is 12.3. The third-order valence-corrected chi connectivity index (χ3v) is 6.24. The van der Waals surface area contributed by atoms with Crippen LogP contribution >= 0.6 is 11.6 Å². The van der Waals surface area contributed by atoms with Crippen molar-refractivity contribution >= 4 is 17.6 Å². The summed E-state index contributed by atoms with van der Waals surface area (Å²) < 4.78 is 11.4. The first-order chi connectivity index (χ1) is 15.1. The van der Waals surface area contributed by atoms with Crippen LogP contribution in [0.25, 0.3) is 0 Å². The first-order valence-corrected chi connectivity index (χ1v) is 11.5. The van der Waals surface area contributed by atoms with Crippen LogP contribution < -0.4 is 9.47 Å². The van der Waals surface area contributed by atoms with E-state index >= 15 is 0 Å². The SMILES string of the molecule is CCCC/C=C\C[C@H]1C(Cl)C[C@@H](O)C1COc1cccc(OC(=O)c2ccccc2)c1. The van der Waals surface area contributed by atoms with Crippen LogP contribution in [0.5, 0.6) is 11.5 Å². The Kier molecular flexibility index (Phi) is 8.98. The quantitative estimate of drug-likeness (QED) is 0.160. The minimum atomic E-state index is -0.476. The van der Waals surface area contributed by atoms with Crippen molar-refractivity contribution in [2.75, 3.05) is 6.61 Å². The molecule has 3 rings (SSSR count). The van der Waals surface area contributed by atoms with E-state index in [2.05, 4.69) is 19.1 Å². The van der Waals surface area contributed by atoms with E-state index in [1.807, 2.05) is 12.1 Å². The molecule has 0 amide bonds. The molecule has 0 heterocycles. The first kappa shape index (κ1) is 23.4. The number of unbranched alkanes of at least 4 members (excludes halogenated alkanes) is 2. The van der Waals surface area contributed by atoms with Crippen LogP contribution in [-0.2, 0) is 0 Å². The van der Waals surface area contributed by atoms with Gasteiger partial charge >= 0.3 is 5.97 Å². The smallest absolute Gasteiger partial charge is 0.343 e. The van der Waals surface area contributed by atoms with E-state index in [0.29, 0.717) is 30.1 Å². The van der Waals surface area contributed by atoms with Gasteiger partial charge in [-0.05, 0) is 49.4 Å². The van der Waals surface area contributed by atoms with E-state index in [4.69, 9.17) is 21.1 Å². The number of aliphatic hydroxyl groups excluding tert-OH is 1. The number of aliphatic hydroxyl groups is 1. The van der Waals surface area contributed by atoms with Crippen molar-refractivity contribution in [2.24, 2.45) is 11.8 Å². The van der Waals surface area contributed by atoms with Gasteiger partial charge in [-0.3, -0.25) is 0 Å². The molecule has 4 atom stereocenters. The number of hydrogen-bond acceptors (Lipinski definition) is 4. The third-order valence-electron chi connectivity index (χ3n) is 5.74. The summed E-state index contributed by atoms with van der Waals surface area (Å²) in [5.41, 5.74) is 0.492. The molecule has 0 aliphatic heterocycles. The van der Waals surface area contributed by atoms with Gasteiger partial charge in [-0.25, -0.2) is 4.79 Å². The average Bonchev–Trinajstić information content (AvgIpc) is 3.05. The van der Waals surface area contributed by atoms with Gasteiger partial charge in [0.05, 0.1) is 18.3 Å². The second-order valence-electron chi connectivity index (χ2n) is 8.04. The van der Waals surface area contributed by atoms with Crippen LogP contribution in [0.4, 0.5) is 0 Å². The highest BCUT2D eigenvalue weighted by Crippen LogP contribution is 2.39. The summed E-state index contributed by atoms with van der Waals surface area (Å²) in [4.78, 5) is 12.3. The molecule has 1 fully saturated rings. The Hall–Kier alpha value is -2.30. The van der Waals surface area contributed by atoms with E-state index in [-0.39, 0.29) is 17.2 Å². The van der Waals surface area contributed by atoms with Crippen molar-refractivity contribution in [1.82, 2.24) is 0 Å². The summed E-state index contributed by atoms with van der Waals surface area (Å²) in [6, 6.07) is 15.9. The Morgan fingerprint density at radius 2 is 1.87 bits per heavy atom. The molecule has 166 valence electrons. The zero-order valence-electron chi connectivity index (χ0n) is 18.0. The van der Waals surface area contributed by atoms with Crippen LogP contribution in [0.1, 0.15) is 49.4 Å². The molecule has 1 N–H and O–H groups in total. The maximum Gasteiger partial charge on any atom is 0.343 e. The van der Waals surface area contributed by atoms with Gasteiger partial charge in [-0.1, -0.05) is 56.2 Å². The van der Waals surface area contributed by atoms with Crippen molar-refractivity contribution in [3.05, 3.63) is 72.3 Å². The summed E-state index contributed by atoms with van der Waals surface area (Å²) in [5.74, 6) is 0.746. The van der Waals surface area contributed by atoms with Gasteiger partial charge in [0.25, 0.3) is 0 Å². The Morgan fingerprint density at radius 1 is 1.10 bits per heavy atom. The van der Waals surface area contributed by atoms with Crippen LogP contribution in [0.2, 0.25) is 0 Å². The van der Waals surface area contributed by atoms with Gasteiger partial charge in [0.1, 0.15) is 11.5 Å². The Balaban J connectivity index is 1.57. The number of halogens is 1. The van der Waals surface area contributed by atoms with Crippen molar-refractivity contribution < 1.29 is 19.4 Å². The highest BCUT2D eigenvalue weighted by Gasteiger charge is 2.41. The topological polar surface area (TPSA) is 55.8 Å². The van der Waals surface area contributed by atoms with Crippen LogP contribution in [0.3, 0.4) is 0 Å². The maximum atomic E-state index is 12.3. The number of hydrogen-bond donors (Lipinski definition) is 1. The molecule has 31 heavy (non-hydrogen) atoms. The normalized spacial score (nSPS) is 23.2. The minimum absolute atomic E-state index is 0.0335. The molecule has 1 aliphatic rings. The molecule has 0 bridgehead atoms. The predicted octanol–water partition coefficient (Wildman–Crippen LogP) is 6.03. The molecule has 1 saturated carbocycles. The Morgan fingerprint density at radius 3 is 2.65 bits per heavy atom. The molecular weight excluding hydrogens is 412 g/mol. The van der Waals surface area contributed by atoms with Gasteiger partial charge in [0, 0.05) is 17.4 Å². The Bertz CT molecular complexity index is 851. The number of esters is 1.